The molecule has 0 atom stereocenters. The summed E-state index contributed by atoms with van der Waals surface area (Å²) >= 11 is 7.44. The predicted octanol–water partition coefficient (Wildman–Crippen LogP) is 3.71. The molecule has 15 heavy (non-hydrogen) atoms. The Bertz CT molecular complexity index is 338. The molecule has 1 rings (SSSR count). The minimum absolute atomic E-state index is 0.0182. The lowest BCUT2D eigenvalue weighted by Gasteiger charge is -2.18. The molecule has 1 aromatic heterocycles. The quantitative estimate of drug-likeness (QED) is 0.811. The summed E-state index contributed by atoms with van der Waals surface area (Å²) in [7, 11) is 0. The van der Waals surface area contributed by atoms with E-state index < -0.39 is 0 Å². The van der Waals surface area contributed by atoms with Gasteiger partial charge in [-0.3, -0.25) is 0 Å². The van der Waals surface area contributed by atoms with Gasteiger partial charge in [0.1, 0.15) is 0 Å². The number of halogens is 1. The number of rotatable bonds is 3. The van der Waals surface area contributed by atoms with Crippen LogP contribution in [-0.2, 0) is 6.42 Å². The summed E-state index contributed by atoms with van der Waals surface area (Å²) in [5.41, 5.74) is 0.860. The molecule has 0 aliphatic rings. The van der Waals surface area contributed by atoms with Crippen molar-refractivity contribution in [3.8, 4) is 0 Å². The fourth-order valence-corrected chi connectivity index (χ4v) is 1.95. The summed E-state index contributed by atoms with van der Waals surface area (Å²) in [5.74, 6) is 0. The molecule has 0 aromatic carbocycles. The number of nitrogens with zero attached hydrogens (tertiary/aromatic N) is 1. The van der Waals surface area contributed by atoms with Gasteiger partial charge in [-0.05, 0) is 31.7 Å². The van der Waals surface area contributed by atoms with Crippen LogP contribution in [0.2, 0.25) is 0 Å². The van der Waals surface area contributed by atoms with Crippen LogP contribution in [0.4, 0.5) is 10.5 Å². The summed E-state index contributed by atoms with van der Waals surface area (Å²) in [5, 5.41) is 4.75. The highest BCUT2D eigenvalue weighted by molar-refractivity contribution is 7.10. The first-order valence-electron chi connectivity index (χ1n) is 4.88. The van der Waals surface area contributed by atoms with Gasteiger partial charge in [0.15, 0.2) is 0 Å². The van der Waals surface area contributed by atoms with Crippen LogP contribution in [0.15, 0.2) is 11.4 Å². The molecule has 1 heterocycles. The highest BCUT2D eigenvalue weighted by Gasteiger charge is 2.15. The molecule has 0 unspecified atom stereocenters. The summed E-state index contributed by atoms with van der Waals surface area (Å²) in [6, 6.07) is 1.60. The van der Waals surface area contributed by atoms with Crippen LogP contribution >= 0.6 is 23.1 Å². The monoisotopic (exact) mass is 246 g/mol. The van der Waals surface area contributed by atoms with Crippen molar-refractivity contribution in [2.24, 2.45) is 0 Å². The minimum Gasteiger partial charge on any atom is -0.306 e. The van der Waals surface area contributed by atoms with Gasteiger partial charge in [-0.2, -0.15) is 0 Å². The van der Waals surface area contributed by atoms with E-state index in [9.17, 15) is 4.79 Å². The van der Waals surface area contributed by atoms with E-state index in [-0.39, 0.29) is 12.1 Å². The molecule has 0 radical (unpaired) electrons. The van der Waals surface area contributed by atoms with Crippen LogP contribution in [0.5, 0.6) is 0 Å². The minimum atomic E-state index is -0.278. The average Bonchev–Trinajstić information content (AvgIpc) is 2.63. The van der Waals surface area contributed by atoms with E-state index in [0.29, 0.717) is 0 Å². The Labute approximate surface area is 99.1 Å². The van der Waals surface area contributed by atoms with Crippen molar-refractivity contribution in [1.29, 1.82) is 0 Å². The van der Waals surface area contributed by atoms with Crippen LogP contribution in [0.25, 0.3) is 0 Å². The zero-order valence-corrected chi connectivity index (χ0v) is 10.7. The lowest BCUT2D eigenvalue weighted by atomic mass is 10.3. The fraction of sp³-hybridized carbons (Fsp3) is 0.500. The maximum Gasteiger partial charge on any atom is 0.336 e. The standard InChI is InChI=1S/C10H15ClN2OS/c1-4-9-8(5-6-15-9)12-10(14)13(11)7(2)3/h5-7H,4H2,1-3H3,(H,12,14). The van der Waals surface area contributed by atoms with Crippen molar-refractivity contribution in [1.82, 2.24) is 4.42 Å². The van der Waals surface area contributed by atoms with Crippen molar-refractivity contribution >= 4 is 34.8 Å². The van der Waals surface area contributed by atoms with Crippen LogP contribution in [0.1, 0.15) is 25.6 Å². The Hall–Kier alpha value is -0.740. The molecule has 5 heteroatoms. The molecule has 0 spiro atoms. The lowest BCUT2D eigenvalue weighted by molar-refractivity contribution is 0.231. The number of hydrogen-bond acceptors (Lipinski definition) is 2. The highest BCUT2D eigenvalue weighted by Crippen LogP contribution is 2.23. The van der Waals surface area contributed by atoms with E-state index in [1.54, 1.807) is 11.3 Å². The number of carbonyl (C=O) groups is 1. The molecular weight excluding hydrogens is 232 g/mol. The second kappa shape index (κ2) is 5.37. The van der Waals surface area contributed by atoms with Crippen LogP contribution in [0, 0.1) is 0 Å². The molecule has 0 fully saturated rings. The SMILES string of the molecule is CCc1sccc1NC(=O)N(Cl)C(C)C. The predicted molar refractivity (Wildman–Crippen MR) is 65.5 cm³/mol. The van der Waals surface area contributed by atoms with Crippen LogP contribution in [-0.4, -0.2) is 16.5 Å². The summed E-state index contributed by atoms with van der Waals surface area (Å²) in [4.78, 5) is 12.8. The topological polar surface area (TPSA) is 32.3 Å². The third-order valence-electron chi connectivity index (χ3n) is 1.96. The van der Waals surface area contributed by atoms with E-state index in [1.165, 1.54) is 0 Å². The Morgan fingerprint density at radius 3 is 2.87 bits per heavy atom. The summed E-state index contributed by atoms with van der Waals surface area (Å²) in [6.07, 6.45) is 0.914. The number of urea groups is 1. The number of hydrogen-bond donors (Lipinski definition) is 1. The van der Waals surface area contributed by atoms with Crippen molar-refractivity contribution in [2.45, 2.75) is 33.2 Å². The highest BCUT2D eigenvalue weighted by atomic mass is 35.5. The molecule has 84 valence electrons. The van der Waals surface area contributed by atoms with Crippen molar-refractivity contribution in [3.05, 3.63) is 16.3 Å². The number of nitrogens with one attached hydrogen (secondary N) is 1. The maximum absolute atomic E-state index is 11.6. The van der Waals surface area contributed by atoms with Crippen molar-refractivity contribution < 1.29 is 4.79 Å². The first kappa shape index (κ1) is 12.3. The van der Waals surface area contributed by atoms with Gasteiger partial charge < -0.3 is 5.32 Å². The molecule has 0 aliphatic carbocycles. The second-order valence-electron chi connectivity index (χ2n) is 3.45. The Morgan fingerprint density at radius 1 is 1.67 bits per heavy atom. The molecule has 0 saturated carbocycles. The first-order valence-corrected chi connectivity index (χ1v) is 6.10. The normalized spacial score (nSPS) is 10.5. The first-order chi connectivity index (χ1) is 7.06. The molecule has 1 aromatic rings. The van der Waals surface area contributed by atoms with Gasteiger partial charge in [0, 0.05) is 22.7 Å². The average molecular weight is 247 g/mol. The van der Waals surface area contributed by atoms with Gasteiger partial charge in [0.25, 0.3) is 0 Å². The van der Waals surface area contributed by atoms with E-state index in [0.717, 1.165) is 21.4 Å². The summed E-state index contributed by atoms with van der Waals surface area (Å²) in [6.45, 7) is 5.78. The number of aryl methyl sites for hydroxylation is 1. The van der Waals surface area contributed by atoms with Crippen LogP contribution in [0.3, 0.4) is 0 Å². The van der Waals surface area contributed by atoms with Crippen molar-refractivity contribution in [2.75, 3.05) is 5.32 Å². The molecule has 0 aliphatic heterocycles. The summed E-state index contributed by atoms with van der Waals surface area (Å²) < 4.78 is 1.16. The van der Waals surface area contributed by atoms with E-state index in [4.69, 9.17) is 11.8 Å². The lowest BCUT2D eigenvalue weighted by Crippen LogP contribution is -2.32. The Kier molecular flexibility index (Phi) is 4.42. The largest absolute Gasteiger partial charge is 0.336 e. The van der Waals surface area contributed by atoms with Crippen molar-refractivity contribution in [3.63, 3.8) is 0 Å². The number of carbonyl (C=O) groups excluding carboxylic acids is 1. The van der Waals surface area contributed by atoms with Gasteiger partial charge in [0.2, 0.25) is 0 Å². The third-order valence-corrected chi connectivity index (χ3v) is 3.56. The zero-order valence-electron chi connectivity index (χ0n) is 9.08. The van der Waals surface area contributed by atoms with Gasteiger partial charge in [0.05, 0.1) is 5.69 Å². The van der Waals surface area contributed by atoms with Gasteiger partial charge in [-0.1, -0.05) is 6.92 Å². The van der Waals surface area contributed by atoms with E-state index >= 15 is 0 Å². The second-order valence-corrected chi connectivity index (χ2v) is 4.81. The van der Waals surface area contributed by atoms with Gasteiger partial charge >= 0.3 is 6.03 Å². The number of anilines is 1. The zero-order chi connectivity index (χ0) is 11.4. The number of thiophene rings is 1. The van der Waals surface area contributed by atoms with Gasteiger partial charge in [-0.25, -0.2) is 9.21 Å². The molecule has 0 saturated heterocycles. The van der Waals surface area contributed by atoms with Gasteiger partial charge in [-0.15, -0.1) is 11.3 Å². The Balaban J connectivity index is 2.66. The third kappa shape index (κ3) is 3.11. The smallest absolute Gasteiger partial charge is 0.306 e. The fourth-order valence-electron chi connectivity index (χ4n) is 1.13. The molecular formula is C10H15ClN2OS. The number of amides is 2. The van der Waals surface area contributed by atoms with Crippen LogP contribution < -0.4 is 5.32 Å². The Morgan fingerprint density at radius 2 is 2.33 bits per heavy atom. The van der Waals surface area contributed by atoms with E-state index in [2.05, 4.69) is 12.2 Å². The molecule has 3 nitrogen and oxygen atoms in total. The maximum atomic E-state index is 11.6. The molecule has 2 amide bonds. The molecule has 0 bridgehead atoms. The van der Waals surface area contributed by atoms with E-state index in [1.807, 2.05) is 25.3 Å². The molecule has 1 N–H and O–H groups in total.